The summed E-state index contributed by atoms with van der Waals surface area (Å²) in [5, 5.41) is 12.6. The summed E-state index contributed by atoms with van der Waals surface area (Å²) >= 11 is 0. The lowest BCUT2D eigenvalue weighted by Gasteiger charge is -2.36. The first-order chi connectivity index (χ1) is 15.4. The molecule has 1 aliphatic rings. The number of sulfonamides is 1. The van der Waals surface area contributed by atoms with Crippen LogP contribution in [0.4, 0.5) is 0 Å². The van der Waals surface area contributed by atoms with E-state index in [-0.39, 0.29) is 29.9 Å². The summed E-state index contributed by atoms with van der Waals surface area (Å²) in [7, 11) is -2.25. The van der Waals surface area contributed by atoms with Crippen LogP contribution < -0.4 is 14.8 Å². The molecule has 10 heteroatoms. The summed E-state index contributed by atoms with van der Waals surface area (Å²) in [6.07, 6.45) is 2.72. The first-order valence-electron chi connectivity index (χ1n) is 10.5. The van der Waals surface area contributed by atoms with E-state index in [9.17, 15) is 18.3 Å². The van der Waals surface area contributed by atoms with Crippen LogP contribution in [0.15, 0.2) is 53.6 Å². The van der Waals surface area contributed by atoms with Gasteiger partial charge in [0.25, 0.3) is 0 Å². The van der Waals surface area contributed by atoms with Crippen LogP contribution in [-0.4, -0.2) is 62.9 Å². The zero-order chi connectivity index (χ0) is 23.0. The molecule has 9 nitrogen and oxygen atoms in total. The van der Waals surface area contributed by atoms with Crippen molar-refractivity contribution in [2.45, 2.75) is 48.8 Å². The number of hydrogen-bond donors (Lipinski definition) is 3. The lowest BCUT2D eigenvalue weighted by molar-refractivity contribution is -0.121. The number of hydrogen-bond acceptors (Lipinski definition) is 7. The molecule has 32 heavy (non-hydrogen) atoms. The summed E-state index contributed by atoms with van der Waals surface area (Å²) in [5.41, 5.74) is 0.700. The Labute approximate surface area is 188 Å². The second-order valence-corrected chi connectivity index (χ2v) is 9.31. The minimum absolute atomic E-state index is 0.118. The molecule has 3 rings (SSSR count). The van der Waals surface area contributed by atoms with E-state index in [0.717, 1.165) is 0 Å². The van der Waals surface area contributed by atoms with Crippen molar-refractivity contribution in [3.05, 3.63) is 54.4 Å². The zero-order valence-electron chi connectivity index (χ0n) is 17.9. The van der Waals surface area contributed by atoms with Crippen molar-refractivity contribution >= 4 is 15.9 Å². The van der Waals surface area contributed by atoms with Crippen molar-refractivity contribution in [2.75, 3.05) is 20.3 Å². The Morgan fingerprint density at radius 2 is 2.00 bits per heavy atom. The van der Waals surface area contributed by atoms with E-state index in [1.807, 2.05) is 6.07 Å². The van der Waals surface area contributed by atoms with Gasteiger partial charge in [0.15, 0.2) is 0 Å². The van der Waals surface area contributed by atoms with Crippen LogP contribution in [0.1, 0.15) is 25.0 Å². The molecule has 0 aliphatic carbocycles. The number of aliphatic hydroxyl groups excluding tert-OH is 1. The van der Waals surface area contributed by atoms with Crippen LogP contribution in [0.2, 0.25) is 0 Å². The van der Waals surface area contributed by atoms with E-state index in [2.05, 4.69) is 15.0 Å². The standard InChI is InChI=1S/C22H29N3O6S/c1-30-17-5-8-19(9-6-17)32(28,29)25-20-10-7-18(31-21(20)15-26)11-13-24-22(27)14-16-4-2-3-12-23-16/h2-6,8-9,12,18,20-21,25-26H,7,10-11,13-15H2,1H3,(H,24,27)/t18-,20+,21+/m0/s1. The van der Waals surface area contributed by atoms with Crippen molar-refractivity contribution in [1.29, 1.82) is 0 Å². The maximum absolute atomic E-state index is 12.7. The molecule has 1 aliphatic heterocycles. The summed E-state index contributed by atoms with van der Waals surface area (Å²) < 4.78 is 39.0. The van der Waals surface area contributed by atoms with Gasteiger partial charge in [-0.15, -0.1) is 0 Å². The largest absolute Gasteiger partial charge is 0.497 e. The highest BCUT2D eigenvalue weighted by atomic mass is 32.2. The van der Waals surface area contributed by atoms with Crippen molar-refractivity contribution in [2.24, 2.45) is 0 Å². The first-order valence-corrected chi connectivity index (χ1v) is 12.0. The van der Waals surface area contributed by atoms with E-state index >= 15 is 0 Å². The number of pyridine rings is 1. The number of nitrogens with one attached hydrogen (secondary N) is 2. The lowest BCUT2D eigenvalue weighted by Crippen LogP contribution is -2.51. The van der Waals surface area contributed by atoms with Crippen LogP contribution in [-0.2, 0) is 26.0 Å². The molecule has 1 aromatic heterocycles. The fourth-order valence-electron chi connectivity index (χ4n) is 3.60. The normalized spacial score (nSPS) is 21.1. The molecule has 3 atom stereocenters. The van der Waals surface area contributed by atoms with E-state index in [1.165, 1.54) is 19.2 Å². The van der Waals surface area contributed by atoms with E-state index in [4.69, 9.17) is 9.47 Å². The molecule has 174 valence electrons. The number of aromatic nitrogens is 1. The van der Waals surface area contributed by atoms with Crippen LogP contribution in [0.5, 0.6) is 5.75 Å². The Morgan fingerprint density at radius 1 is 1.22 bits per heavy atom. The van der Waals surface area contributed by atoms with E-state index < -0.39 is 22.2 Å². The van der Waals surface area contributed by atoms with Gasteiger partial charge in [0.1, 0.15) is 5.75 Å². The fraction of sp³-hybridized carbons (Fsp3) is 0.455. The summed E-state index contributed by atoms with van der Waals surface area (Å²) in [6, 6.07) is 11.0. The predicted octanol–water partition coefficient (Wildman–Crippen LogP) is 1.03. The van der Waals surface area contributed by atoms with Crippen LogP contribution in [0.25, 0.3) is 0 Å². The molecule has 0 spiro atoms. The molecule has 2 heterocycles. The van der Waals surface area contributed by atoms with Gasteiger partial charge in [-0.25, -0.2) is 13.1 Å². The van der Waals surface area contributed by atoms with Gasteiger partial charge in [-0.05, 0) is 55.7 Å². The number of amides is 1. The second kappa shape index (κ2) is 11.4. The average Bonchev–Trinajstić information content (AvgIpc) is 2.80. The molecule has 3 N–H and O–H groups in total. The minimum atomic E-state index is -3.76. The molecular formula is C22H29N3O6S. The molecular weight excluding hydrogens is 434 g/mol. The number of nitrogens with zero attached hydrogens (tertiary/aromatic N) is 1. The first kappa shape index (κ1) is 24.1. The smallest absolute Gasteiger partial charge is 0.240 e. The fourth-order valence-corrected chi connectivity index (χ4v) is 4.90. The summed E-state index contributed by atoms with van der Waals surface area (Å²) in [5.74, 6) is 0.441. The van der Waals surface area contributed by atoms with Crippen molar-refractivity contribution < 1.29 is 27.8 Å². The van der Waals surface area contributed by atoms with Gasteiger partial charge in [-0.1, -0.05) is 6.07 Å². The SMILES string of the molecule is COc1ccc(S(=O)(=O)N[C@@H]2CC[C@@H](CCNC(=O)Cc3ccccn3)O[C@@H]2CO)cc1. The maximum Gasteiger partial charge on any atom is 0.240 e. The third-order valence-corrected chi connectivity index (χ3v) is 6.83. The molecule has 1 fully saturated rings. The summed E-state index contributed by atoms with van der Waals surface area (Å²) in [6.45, 7) is 0.120. The van der Waals surface area contributed by atoms with Crippen LogP contribution in [0, 0.1) is 0 Å². The monoisotopic (exact) mass is 463 g/mol. The number of aliphatic hydroxyl groups is 1. The van der Waals surface area contributed by atoms with Crippen molar-refractivity contribution in [3.8, 4) is 5.75 Å². The third-order valence-electron chi connectivity index (χ3n) is 5.33. The highest BCUT2D eigenvalue weighted by molar-refractivity contribution is 7.89. The number of rotatable bonds is 10. The van der Waals surface area contributed by atoms with Crippen molar-refractivity contribution in [1.82, 2.24) is 15.0 Å². The Balaban J connectivity index is 1.47. The molecule has 1 aromatic carbocycles. The van der Waals surface area contributed by atoms with Crippen LogP contribution >= 0.6 is 0 Å². The second-order valence-electron chi connectivity index (χ2n) is 7.60. The van der Waals surface area contributed by atoms with Gasteiger partial charge >= 0.3 is 0 Å². The Morgan fingerprint density at radius 3 is 2.66 bits per heavy atom. The van der Waals surface area contributed by atoms with Gasteiger partial charge in [0, 0.05) is 18.4 Å². The molecule has 0 bridgehead atoms. The van der Waals surface area contributed by atoms with E-state index in [0.29, 0.717) is 37.3 Å². The van der Waals surface area contributed by atoms with Crippen LogP contribution in [0.3, 0.4) is 0 Å². The predicted molar refractivity (Wildman–Crippen MR) is 118 cm³/mol. The van der Waals surface area contributed by atoms with Gasteiger partial charge in [-0.2, -0.15) is 0 Å². The van der Waals surface area contributed by atoms with Gasteiger partial charge in [0.2, 0.25) is 15.9 Å². The number of carbonyl (C=O) groups excluding carboxylic acids is 1. The molecule has 1 saturated heterocycles. The molecule has 0 saturated carbocycles. The number of carbonyl (C=O) groups is 1. The highest BCUT2D eigenvalue weighted by Gasteiger charge is 2.33. The van der Waals surface area contributed by atoms with Gasteiger partial charge in [-0.3, -0.25) is 9.78 Å². The molecule has 1 amide bonds. The highest BCUT2D eigenvalue weighted by Crippen LogP contribution is 2.24. The molecule has 2 aromatic rings. The maximum atomic E-state index is 12.7. The topological polar surface area (TPSA) is 127 Å². The minimum Gasteiger partial charge on any atom is -0.497 e. The Kier molecular flexibility index (Phi) is 8.57. The Hall–Kier alpha value is -2.53. The van der Waals surface area contributed by atoms with E-state index in [1.54, 1.807) is 30.5 Å². The van der Waals surface area contributed by atoms with Gasteiger partial charge < -0.3 is 19.9 Å². The molecule has 0 unspecified atom stereocenters. The molecule has 0 radical (unpaired) electrons. The van der Waals surface area contributed by atoms with Crippen molar-refractivity contribution in [3.63, 3.8) is 0 Å². The average molecular weight is 464 g/mol. The number of ether oxygens (including phenoxy) is 2. The summed E-state index contributed by atoms with van der Waals surface area (Å²) in [4.78, 5) is 16.3. The number of methoxy groups -OCH3 is 1. The van der Waals surface area contributed by atoms with Gasteiger partial charge in [0.05, 0.1) is 43.3 Å². The lowest BCUT2D eigenvalue weighted by atomic mass is 9.98. The third kappa shape index (κ3) is 6.73. The zero-order valence-corrected chi connectivity index (χ0v) is 18.8. The quantitative estimate of drug-likeness (QED) is 0.480. The number of benzene rings is 1. The Bertz CT molecular complexity index is 969.